The summed E-state index contributed by atoms with van der Waals surface area (Å²) in [5.41, 5.74) is 0. The normalized spacial score (nSPS) is 20.2. The molecule has 0 aliphatic carbocycles. The molecule has 4 nitrogen and oxygen atoms in total. The van der Waals surface area contributed by atoms with E-state index in [1.807, 2.05) is 0 Å². The highest BCUT2D eigenvalue weighted by atomic mass is 16.4. The van der Waals surface area contributed by atoms with Crippen LogP contribution in [0.5, 0.6) is 0 Å². The first-order valence-corrected chi connectivity index (χ1v) is 5.38. The molecule has 0 amide bonds. The SMILES string of the molecule is CN(C)C1CCN(CC=CC(=O)O)CC1. The molecule has 0 unspecified atom stereocenters. The van der Waals surface area contributed by atoms with Crippen LogP contribution in [0.15, 0.2) is 12.2 Å². The van der Waals surface area contributed by atoms with Gasteiger partial charge in [-0.2, -0.15) is 0 Å². The molecule has 15 heavy (non-hydrogen) atoms. The topological polar surface area (TPSA) is 43.8 Å². The van der Waals surface area contributed by atoms with Gasteiger partial charge in [-0.25, -0.2) is 4.79 Å². The average Bonchev–Trinajstić information content (AvgIpc) is 2.18. The van der Waals surface area contributed by atoms with Crippen molar-refractivity contribution in [1.82, 2.24) is 9.80 Å². The van der Waals surface area contributed by atoms with Crippen molar-refractivity contribution in [3.8, 4) is 0 Å². The number of carboxylic acid groups (broad SMARTS) is 1. The lowest BCUT2D eigenvalue weighted by Crippen LogP contribution is -2.41. The number of nitrogens with zero attached hydrogens (tertiary/aromatic N) is 2. The smallest absolute Gasteiger partial charge is 0.328 e. The molecule has 4 heteroatoms. The maximum absolute atomic E-state index is 10.3. The highest BCUT2D eigenvalue weighted by Crippen LogP contribution is 2.13. The van der Waals surface area contributed by atoms with E-state index in [0.717, 1.165) is 19.6 Å². The Balaban J connectivity index is 2.23. The van der Waals surface area contributed by atoms with Crippen molar-refractivity contribution in [2.24, 2.45) is 0 Å². The predicted octanol–water partition coefficient (Wildman–Crippen LogP) is 0.653. The first kappa shape index (κ1) is 12.2. The Labute approximate surface area is 91.2 Å². The first-order chi connectivity index (χ1) is 7.09. The van der Waals surface area contributed by atoms with E-state index < -0.39 is 5.97 Å². The molecule has 1 saturated heterocycles. The van der Waals surface area contributed by atoms with Crippen LogP contribution in [0.4, 0.5) is 0 Å². The third-order valence-corrected chi connectivity index (χ3v) is 2.91. The second-order valence-electron chi connectivity index (χ2n) is 4.24. The van der Waals surface area contributed by atoms with E-state index >= 15 is 0 Å². The van der Waals surface area contributed by atoms with Crippen LogP contribution in [0.1, 0.15) is 12.8 Å². The maximum atomic E-state index is 10.3. The average molecular weight is 212 g/mol. The number of likely N-dealkylation sites (tertiary alicyclic amines) is 1. The van der Waals surface area contributed by atoms with Gasteiger partial charge in [0.15, 0.2) is 0 Å². The molecule has 0 aromatic heterocycles. The van der Waals surface area contributed by atoms with Crippen molar-refractivity contribution >= 4 is 5.97 Å². The number of carboxylic acids is 1. The van der Waals surface area contributed by atoms with Crippen LogP contribution in [0, 0.1) is 0 Å². The van der Waals surface area contributed by atoms with Gasteiger partial charge in [-0.1, -0.05) is 6.08 Å². The van der Waals surface area contributed by atoms with E-state index in [9.17, 15) is 4.79 Å². The van der Waals surface area contributed by atoms with Crippen LogP contribution in [0.25, 0.3) is 0 Å². The molecule has 1 aliphatic heterocycles. The third kappa shape index (κ3) is 4.44. The minimum Gasteiger partial charge on any atom is -0.478 e. The van der Waals surface area contributed by atoms with Gasteiger partial charge in [-0.05, 0) is 40.0 Å². The summed E-state index contributed by atoms with van der Waals surface area (Å²) in [7, 11) is 4.23. The zero-order valence-corrected chi connectivity index (χ0v) is 9.52. The molecular weight excluding hydrogens is 192 g/mol. The van der Waals surface area contributed by atoms with E-state index in [-0.39, 0.29) is 0 Å². The summed E-state index contributed by atoms with van der Waals surface area (Å²) in [6, 6.07) is 0.685. The van der Waals surface area contributed by atoms with Gasteiger partial charge in [-0.15, -0.1) is 0 Å². The van der Waals surface area contributed by atoms with Crippen LogP contribution in [0.2, 0.25) is 0 Å². The number of aliphatic carboxylic acids is 1. The molecule has 1 heterocycles. The fraction of sp³-hybridized carbons (Fsp3) is 0.727. The van der Waals surface area contributed by atoms with Crippen LogP contribution in [-0.2, 0) is 4.79 Å². The lowest BCUT2D eigenvalue weighted by Gasteiger charge is -2.34. The maximum Gasteiger partial charge on any atom is 0.328 e. The molecule has 0 spiro atoms. The molecule has 0 aromatic rings. The van der Waals surface area contributed by atoms with Crippen LogP contribution >= 0.6 is 0 Å². The summed E-state index contributed by atoms with van der Waals surface area (Å²) in [5.74, 6) is -0.863. The van der Waals surface area contributed by atoms with Gasteiger partial charge in [-0.3, -0.25) is 4.90 Å². The third-order valence-electron chi connectivity index (χ3n) is 2.91. The van der Waals surface area contributed by atoms with Crippen LogP contribution < -0.4 is 0 Å². The molecule has 0 aromatic carbocycles. The zero-order chi connectivity index (χ0) is 11.3. The fourth-order valence-corrected chi connectivity index (χ4v) is 1.92. The quantitative estimate of drug-likeness (QED) is 0.695. The van der Waals surface area contributed by atoms with E-state index in [1.165, 1.54) is 18.9 Å². The van der Waals surface area contributed by atoms with Crippen molar-refractivity contribution in [3.63, 3.8) is 0 Å². The Kier molecular flexibility index (Phi) is 4.78. The molecule has 86 valence electrons. The monoisotopic (exact) mass is 212 g/mol. The lowest BCUT2D eigenvalue weighted by atomic mass is 10.0. The van der Waals surface area contributed by atoms with Crippen molar-refractivity contribution < 1.29 is 9.90 Å². The molecule has 1 N–H and O–H groups in total. The van der Waals surface area contributed by atoms with Crippen LogP contribution in [-0.4, -0.2) is 60.6 Å². The van der Waals surface area contributed by atoms with Gasteiger partial charge < -0.3 is 10.0 Å². The Morgan fingerprint density at radius 2 is 2.07 bits per heavy atom. The van der Waals surface area contributed by atoms with Crippen molar-refractivity contribution in [3.05, 3.63) is 12.2 Å². The summed E-state index contributed by atoms with van der Waals surface area (Å²) in [5, 5.41) is 8.45. The summed E-state index contributed by atoms with van der Waals surface area (Å²) < 4.78 is 0. The van der Waals surface area contributed by atoms with Crippen molar-refractivity contribution in [2.45, 2.75) is 18.9 Å². The fourth-order valence-electron chi connectivity index (χ4n) is 1.92. The summed E-state index contributed by atoms with van der Waals surface area (Å²) in [6.45, 7) is 2.88. The molecular formula is C11H20N2O2. The first-order valence-electron chi connectivity index (χ1n) is 5.38. The van der Waals surface area contributed by atoms with Gasteiger partial charge >= 0.3 is 5.97 Å². The number of carbonyl (C=O) groups is 1. The Morgan fingerprint density at radius 3 is 2.53 bits per heavy atom. The Hall–Kier alpha value is -0.870. The molecule has 0 bridgehead atoms. The number of hydrogen-bond donors (Lipinski definition) is 1. The van der Waals surface area contributed by atoms with Gasteiger partial charge in [0.2, 0.25) is 0 Å². The van der Waals surface area contributed by atoms with E-state index in [1.54, 1.807) is 6.08 Å². The number of rotatable bonds is 4. The summed E-state index contributed by atoms with van der Waals surface area (Å²) in [4.78, 5) is 14.8. The van der Waals surface area contributed by atoms with E-state index in [2.05, 4.69) is 23.9 Å². The van der Waals surface area contributed by atoms with E-state index in [4.69, 9.17) is 5.11 Å². The summed E-state index contributed by atoms with van der Waals surface area (Å²) in [6.07, 6.45) is 5.29. The minimum absolute atomic E-state index is 0.685. The molecule has 0 atom stereocenters. The summed E-state index contributed by atoms with van der Waals surface area (Å²) >= 11 is 0. The van der Waals surface area contributed by atoms with Crippen molar-refractivity contribution in [1.29, 1.82) is 0 Å². The van der Waals surface area contributed by atoms with Gasteiger partial charge in [0.1, 0.15) is 0 Å². The molecule has 1 fully saturated rings. The lowest BCUT2D eigenvalue weighted by molar-refractivity contribution is -0.131. The Morgan fingerprint density at radius 1 is 1.47 bits per heavy atom. The van der Waals surface area contributed by atoms with Crippen molar-refractivity contribution in [2.75, 3.05) is 33.7 Å². The van der Waals surface area contributed by atoms with Gasteiger partial charge in [0, 0.05) is 18.7 Å². The number of piperidine rings is 1. The predicted molar refractivity (Wildman–Crippen MR) is 59.9 cm³/mol. The van der Waals surface area contributed by atoms with Gasteiger partial charge in [0.25, 0.3) is 0 Å². The molecule has 0 saturated carbocycles. The second kappa shape index (κ2) is 5.88. The van der Waals surface area contributed by atoms with Crippen LogP contribution in [0.3, 0.4) is 0 Å². The number of hydrogen-bond acceptors (Lipinski definition) is 3. The largest absolute Gasteiger partial charge is 0.478 e. The standard InChI is InChI=1S/C11H20N2O2/c1-12(2)10-5-8-13(9-6-10)7-3-4-11(14)15/h3-4,10H,5-9H2,1-2H3,(H,14,15). The minimum atomic E-state index is -0.863. The molecule has 1 aliphatic rings. The zero-order valence-electron chi connectivity index (χ0n) is 9.52. The highest BCUT2D eigenvalue weighted by molar-refractivity contribution is 5.79. The second-order valence-corrected chi connectivity index (χ2v) is 4.24. The Bertz CT molecular complexity index is 231. The molecule has 1 rings (SSSR count). The van der Waals surface area contributed by atoms with E-state index in [0.29, 0.717) is 6.04 Å². The highest BCUT2D eigenvalue weighted by Gasteiger charge is 2.19. The molecule has 0 radical (unpaired) electrons. The van der Waals surface area contributed by atoms with Gasteiger partial charge in [0.05, 0.1) is 0 Å².